The molecule has 5 fully saturated rings. The predicted molar refractivity (Wildman–Crippen MR) is 195 cm³/mol. The van der Waals surface area contributed by atoms with E-state index in [0.29, 0.717) is 18.6 Å². The monoisotopic (exact) mass is 660 g/mol. The lowest BCUT2D eigenvalue weighted by Crippen LogP contribution is -2.61. The second kappa shape index (κ2) is 11.7. The van der Waals surface area contributed by atoms with Crippen LogP contribution in [0.1, 0.15) is 63.0 Å². The van der Waals surface area contributed by atoms with Crippen LogP contribution in [-0.2, 0) is 4.79 Å². The molecular formula is C39H48N8O2. The summed E-state index contributed by atoms with van der Waals surface area (Å²) in [7, 11) is 0. The van der Waals surface area contributed by atoms with Gasteiger partial charge in [0.05, 0.1) is 18.3 Å². The standard InChI is InChI=1S/C39H48N8O2/c1-5-32(48)47-22-39(23-47)12-15-44(16-13-39)37-29-17-28(26-8-9-26)34(33-25(4)7-10-31-30(33)18-40-43-31)36(49-6-2)35(29)41-38(42-37)46-20-27(21-46)45-14-11-24(3)19-45/h5,7,10,17-18,24,26-27H,1,6,8-9,11-16,19-23H2,2-4H3,(H,40,43)/t24-/m1/s1. The first-order chi connectivity index (χ1) is 23.8. The molecule has 1 saturated carbocycles. The van der Waals surface area contributed by atoms with E-state index in [4.69, 9.17) is 14.7 Å². The lowest BCUT2D eigenvalue weighted by atomic mass is 9.72. The van der Waals surface area contributed by atoms with Gasteiger partial charge in [-0.3, -0.25) is 14.8 Å². The van der Waals surface area contributed by atoms with Crippen molar-refractivity contribution in [3.63, 3.8) is 0 Å². The van der Waals surface area contributed by atoms with Gasteiger partial charge >= 0.3 is 0 Å². The topological polar surface area (TPSA) is 93.7 Å². The number of ether oxygens (including phenoxy) is 1. The summed E-state index contributed by atoms with van der Waals surface area (Å²) >= 11 is 0. The molecule has 0 bridgehead atoms. The number of H-pyrrole nitrogens is 1. The molecule has 256 valence electrons. The van der Waals surface area contributed by atoms with Crippen LogP contribution < -0.4 is 14.5 Å². The highest BCUT2D eigenvalue weighted by Crippen LogP contribution is 2.53. The fourth-order valence-corrected chi connectivity index (χ4v) is 9.04. The van der Waals surface area contributed by atoms with Gasteiger partial charge in [0.2, 0.25) is 11.9 Å². The fraction of sp³-hybridized carbons (Fsp3) is 0.538. The summed E-state index contributed by atoms with van der Waals surface area (Å²) in [5, 5.41) is 9.85. The van der Waals surface area contributed by atoms with Gasteiger partial charge in [-0.25, -0.2) is 4.98 Å². The van der Waals surface area contributed by atoms with E-state index in [1.807, 2.05) is 11.1 Å². The first-order valence-electron chi connectivity index (χ1n) is 18.4. The minimum Gasteiger partial charge on any atom is -0.491 e. The molecule has 10 nitrogen and oxygen atoms in total. The van der Waals surface area contributed by atoms with Crippen molar-refractivity contribution in [1.82, 2.24) is 30.0 Å². The Kier molecular flexibility index (Phi) is 7.37. The Labute approximate surface area is 288 Å². The van der Waals surface area contributed by atoms with Gasteiger partial charge in [-0.05, 0) is 99.2 Å². The highest BCUT2D eigenvalue weighted by Gasteiger charge is 2.47. The zero-order chi connectivity index (χ0) is 33.4. The van der Waals surface area contributed by atoms with Crippen LogP contribution in [0.2, 0.25) is 0 Å². The van der Waals surface area contributed by atoms with Crippen molar-refractivity contribution in [2.75, 3.05) is 68.8 Å². The van der Waals surface area contributed by atoms with Crippen molar-refractivity contribution in [2.45, 2.75) is 64.8 Å². The highest BCUT2D eigenvalue weighted by atomic mass is 16.5. The van der Waals surface area contributed by atoms with E-state index in [-0.39, 0.29) is 11.3 Å². The molecule has 9 rings (SSSR count). The third-order valence-electron chi connectivity index (χ3n) is 12.1. The maximum absolute atomic E-state index is 12.3. The Morgan fingerprint density at radius 1 is 1.04 bits per heavy atom. The highest BCUT2D eigenvalue weighted by molar-refractivity contribution is 6.06. The Balaban J connectivity index is 1.16. The second-order valence-corrected chi connectivity index (χ2v) is 15.5. The van der Waals surface area contributed by atoms with E-state index in [0.717, 1.165) is 97.3 Å². The van der Waals surface area contributed by atoms with Gasteiger partial charge in [0, 0.05) is 73.6 Å². The van der Waals surface area contributed by atoms with Crippen molar-refractivity contribution in [3.05, 3.63) is 48.2 Å². The number of benzene rings is 2. The van der Waals surface area contributed by atoms with E-state index < -0.39 is 0 Å². The van der Waals surface area contributed by atoms with Crippen LogP contribution in [-0.4, -0.2) is 101 Å². The third kappa shape index (κ3) is 5.16. The fourth-order valence-electron chi connectivity index (χ4n) is 9.04. The molecule has 6 heterocycles. The van der Waals surface area contributed by atoms with E-state index in [1.54, 1.807) is 0 Å². The molecule has 1 spiro atoms. The van der Waals surface area contributed by atoms with Gasteiger partial charge in [0.1, 0.15) is 11.3 Å². The van der Waals surface area contributed by atoms with Gasteiger partial charge < -0.3 is 19.4 Å². The Morgan fingerprint density at radius 2 is 1.84 bits per heavy atom. The lowest BCUT2D eigenvalue weighted by molar-refractivity contribution is -0.139. The molecule has 0 radical (unpaired) electrons. The molecule has 4 aliphatic heterocycles. The third-order valence-corrected chi connectivity index (χ3v) is 12.1. The number of piperidine rings is 1. The zero-order valence-corrected chi connectivity index (χ0v) is 29.2. The normalized spacial score (nSPS) is 22.6. The summed E-state index contributed by atoms with van der Waals surface area (Å²) in [5.41, 5.74) is 7.04. The van der Waals surface area contributed by atoms with Crippen LogP contribution in [0.5, 0.6) is 5.75 Å². The minimum atomic E-state index is 0.0453. The maximum Gasteiger partial charge on any atom is 0.245 e. The number of aromatic amines is 1. The SMILES string of the molecule is C=CC(=O)N1CC2(CCN(c3nc(N4CC(N5CC[C@@H](C)C5)C4)nc4c(OCC)c(-c5c(C)ccc6[nH]ncc56)c(C5CC5)cc34)CC2)C1. The molecule has 1 atom stereocenters. The van der Waals surface area contributed by atoms with Gasteiger partial charge in [0.15, 0.2) is 5.75 Å². The van der Waals surface area contributed by atoms with E-state index in [2.05, 4.69) is 70.4 Å². The molecule has 1 aliphatic carbocycles. The number of nitrogens with zero attached hydrogens (tertiary/aromatic N) is 7. The number of fused-ring (bicyclic) bond motifs is 2. The number of hydrogen-bond acceptors (Lipinski definition) is 8. The first kappa shape index (κ1) is 30.8. The summed E-state index contributed by atoms with van der Waals surface area (Å²) in [6.07, 6.45) is 9.12. The number of aryl methyl sites for hydroxylation is 1. The van der Waals surface area contributed by atoms with E-state index in [1.165, 1.54) is 60.7 Å². The number of carbonyl (C=O) groups is 1. The lowest BCUT2D eigenvalue weighted by Gasteiger charge is -2.54. The summed E-state index contributed by atoms with van der Waals surface area (Å²) in [5.74, 6) is 4.01. The second-order valence-electron chi connectivity index (χ2n) is 15.5. The number of anilines is 2. The molecule has 0 unspecified atom stereocenters. The van der Waals surface area contributed by atoms with Gasteiger partial charge in [-0.15, -0.1) is 0 Å². The molecule has 2 aromatic carbocycles. The van der Waals surface area contributed by atoms with Crippen LogP contribution in [0.4, 0.5) is 11.8 Å². The van der Waals surface area contributed by atoms with Crippen molar-refractivity contribution >= 4 is 39.5 Å². The number of rotatable bonds is 8. The summed E-state index contributed by atoms with van der Waals surface area (Å²) in [4.78, 5) is 32.6. The van der Waals surface area contributed by atoms with E-state index in [9.17, 15) is 4.79 Å². The minimum absolute atomic E-state index is 0.0453. The molecule has 1 N–H and O–H groups in total. The first-order valence-corrected chi connectivity index (χ1v) is 18.4. The molecule has 1 amide bonds. The molecule has 4 aromatic rings. The number of hydrogen-bond donors (Lipinski definition) is 1. The smallest absolute Gasteiger partial charge is 0.245 e. The number of likely N-dealkylation sites (tertiary alicyclic amines) is 2. The van der Waals surface area contributed by atoms with Crippen molar-refractivity contribution in [1.29, 1.82) is 0 Å². The molecule has 49 heavy (non-hydrogen) atoms. The Bertz CT molecular complexity index is 1940. The van der Waals surface area contributed by atoms with Gasteiger partial charge in [0.25, 0.3) is 0 Å². The van der Waals surface area contributed by atoms with Crippen LogP contribution in [0.25, 0.3) is 32.9 Å². The largest absolute Gasteiger partial charge is 0.491 e. The molecule has 10 heteroatoms. The molecule has 2 aromatic heterocycles. The number of amides is 1. The molecule has 5 aliphatic rings. The summed E-state index contributed by atoms with van der Waals surface area (Å²) < 4.78 is 6.74. The van der Waals surface area contributed by atoms with Crippen LogP contribution in [0.3, 0.4) is 0 Å². The maximum atomic E-state index is 12.3. The van der Waals surface area contributed by atoms with Gasteiger partial charge in [-0.1, -0.05) is 19.6 Å². The predicted octanol–water partition coefficient (Wildman–Crippen LogP) is 5.90. The number of aromatic nitrogens is 4. The quantitative estimate of drug-likeness (QED) is 0.234. The van der Waals surface area contributed by atoms with Crippen molar-refractivity contribution < 1.29 is 9.53 Å². The Morgan fingerprint density at radius 3 is 2.53 bits per heavy atom. The Hall–Kier alpha value is -4.18. The number of carbonyl (C=O) groups excluding carboxylic acids is 1. The molecular weight excluding hydrogens is 612 g/mol. The van der Waals surface area contributed by atoms with Crippen molar-refractivity contribution in [2.24, 2.45) is 11.3 Å². The molecule has 4 saturated heterocycles. The number of nitrogens with one attached hydrogen (secondary N) is 1. The average molecular weight is 661 g/mol. The summed E-state index contributed by atoms with van der Waals surface area (Å²) in [6.45, 7) is 18.7. The van der Waals surface area contributed by atoms with Gasteiger partial charge in [-0.2, -0.15) is 10.1 Å². The zero-order valence-electron chi connectivity index (χ0n) is 29.2. The average Bonchev–Trinajstić information content (AvgIpc) is 3.66. The van der Waals surface area contributed by atoms with Crippen LogP contribution >= 0.6 is 0 Å². The van der Waals surface area contributed by atoms with Crippen LogP contribution in [0.15, 0.2) is 37.1 Å². The van der Waals surface area contributed by atoms with Crippen molar-refractivity contribution in [3.8, 4) is 16.9 Å². The summed E-state index contributed by atoms with van der Waals surface area (Å²) in [6, 6.07) is 7.28. The van der Waals surface area contributed by atoms with E-state index >= 15 is 0 Å². The van der Waals surface area contributed by atoms with Crippen LogP contribution in [0, 0.1) is 18.3 Å².